The fraction of sp³-hybridized carbons (Fsp3) is 0.552. The number of ketones is 1. The topological polar surface area (TPSA) is 63.7 Å². The van der Waals surface area contributed by atoms with E-state index >= 15 is 0 Å². The fourth-order valence-corrected chi connectivity index (χ4v) is 8.18. The molecule has 188 valence electrons. The van der Waals surface area contributed by atoms with E-state index in [4.69, 9.17) is 4.74 Å². The molecular weight excluding hydrogens is 458 g/mol. The molecule has 3 aliphatic rings. The molecule has 5 rings (SSSR count). The lowest BCUT2D eigenvalue weighted by atomic mass is 9.76. The minimum atomic E-state index is -3.47. The Balaban J connectivity index is 1.14. The third kappa shape index (κ3) is 5.05. The van der Waals surface area contributed by atoms with Crippen LogP contribution in [0, 0.1) is 11.3 Å². The fourth-order valence-electron chi connectivity index (χ4n) is 6.73. The lowest BCUT2D eigenvalue weighted by Crippen LogP contribution is -2.42. The number of hydrogen-bond acceptors (Lipinski definition) is 4. The van der Waals surface area contributed by atoms with E-state index in [1.165, 1.54) is 17.5 Å². The molecule has 2 aliphatic carbocycles. The Kier molecular flexibility index (Phi) is 7.04. The third-order valence-corrected chi connectivity index (χ3v) is 10.8. The van der Waals surface area contributed by atoms with Gasteiger partial charge in [-0.25, -0.2) is 8.42 Å². The van der Waals surface area contributed by atoms with E-state index in [0.717, 1.165) is 51.4 Å². The van der Waals surface area contributed by atoms with E-state index in [2.05, 4.69) is 24.3 Å². The van der Waals surface area contributed by atoms with E-state index in [0.29, 0.717) is 41.9 Å². The molecule has 2 fully saturated rings. The van der Waals surface area contributed by atoms with Gasteiger partial charge in [0.15, 0.2) is 0 Å². The summed E-state index contributed by atoms with van der Waals surface area (Å²) in [7, 11) is -1.90. The summed E-state index contributed by atoms with van der Waals surface area (Å²) in [4.78, 5) is 13.5. The van der Waals surface area contributed by atoms with E-state index in [1.807, 2.05) is 0 Å². The molecule has 1 saturated carbocycles. The molecular formula is C29H37NO4S. The number of hydrogen-bond donors (Lipinski definition) is 0. The van der Waals surface area contributed by atoms with Crippen molar-refractivity contribution >= 4 is 15.8 Å². The Hall–Kier alpha value is -2.18. The van der Waals surface area contributed by atoms with Gasteiger partial charge in [-0.3, -0.25) is 4.79 Å². The highest BCUT2D eigenvalue weighted by Gasteiger charge is 2.43. The van der Waals surface area contributed by atoms with Crippen LogP contribution in [0.1, 0.15) is 74.8 Å². The molecule has 0 radical (unpaired) electrons. The number of sulfonamides is 1. The molecule has 1 heterocycles. The molecule has 6 heteroatoms. The zero-order valence-electron chi connectivity index (χ0n) is 20.7. The SMILES string of the molecule is COc1ccc(S(=O)(=O)N2CCC3(CCC(CCC(=O)C4CCCc5ccccc54)C3)CC2)cc1. The molecule has 0 bridgehead atoms. The predicted octanol–water partition coefficient (Wildman–Crippen LogP) is 5.74. The smallest absolute Gasteiger partial charge is 0.243 e. The predicted molar refractivity (Wildman–Crippen MR) is 137 cm³/mol. The second-order valence-corrected chi connectivity index (χ2v) is 12.8. The summed E-state index contributed by atoms with van der Waals surface area (Å²) in [6, 6.07) is 15.1. The molecule has 35 heavy (non-hydrogen) atoms. The summed E-state index contributed by atoms with van der Waals surface area (Å²) >= 11 is 0. The summed E-state index contributed by atoms with van der Waals surface area (Å²) in [5.41, 5.74) is 2.86. The van der Waals surface area contributed by atoms with Crippen LogP contribution in [0.3, 0.4) is 0 Å². The van der Waals surface area contributed by atoms with Gasteiger partial charge in [0.1, 0.15) is 11.5 Å². The molecule has 2 unspecified atom stereocenters. The van der Waals surface area contributed by atoms with Crippen LogP contribution in [0.15, 0.2) is 53.4 Å². The molecule has 1 saturated heterocycles. The summed E-state index contributed by atoms with van der Waals surface area (Å²) < 4.78 is 33.0. The van der Waals surface area contributed by atoms with Crippen LogP contribution >= 0.6 is 0 Å². The van der Waals surface area contributed by atoms with Gasteiger partial charge in [0.25, 0.3) is 0 Å². The standard InChI is InChI=1S/C29H37NO4S/c1-34-24-10-12-25(13-11-24)35(32,33)30-19-17-29(18-20-30)16-15-22(21-29)9-14-28(31)27-8-4-6-23-5-2-3-7-26(23)27/h2-3,5,7,10-13,22,27H,4,6,8-9,14-21H2,1H3. The number of benzene rings is 2. The van der Waals surface area contributed by atoms with Gasteiger partial charge in [0.2, 0.25) is 10.0 Å². The summed E-state index contributed by atoms with van der Waals surface area (Å²) in [6.45, 7) is 1.16. The van der Waals surface area contributed by atoms with Gasteiger partial charge >= 0.3 is 0 Å². The first-order chi connectivity index (χ1) is 16.9. The lowest BCUT2D eigenvalue weighted by molar-refractivity contribution is -0.121. The maximum Gasteiger partial charge on any atom is 0.243 e. The Morgan fingerprint density at radius 3 is 2.51 bits per heavy atom. The van der Waals surface area contributed by atoms with E-state index in [-0.39, 0.29) is 11.3 Å². The number of piperidine rings is 1. The monoisotopic (exact) mass is 495 g/mol. The molecule has 1 aliphatic heterocycles. The quantitative estimate of drug-likeness (QED) is 0.492. The molecule has 0 N–H and O–H groups in total. The third-order valence-electron chi connectivity index (χ3n) is 8.84. The number of carbonyl (C=O) groups excluding carboxylic acids is 1. The van der Waals surface area contributed by atoms with Gasteiger partial charge in [-0.1, -0.05) is 24.3 Å². The van der Waals surface area contributed by atoms with Crippen molar-refractivity contribution in [2.75, 3.05) is 20.2 Å². The second-order valence-electron chi connectivity index (χ2n) is 10.8. The average molecular weight is 496 g/mol. The highest BCUT2D eigenvalue weighted by Crippen LogP contribution is 2.50. The van der Waals surface area contributed by atoms with E-state index in [1.54, 1.807) is 35.7 Å². The van der Waals surface area contributed by atoms with Gasteiger partial charge in [-0.15, -0.1) is 0 Å². The molecule has 2 aromatic carbocycles. The minimum absolute atomic E-state index is 0.0849. The molecule has 2 aromatic rings. The van der Waals surface area contributed by atoms with Crippen molar-refractivity contribution in [3.8, 4) is 5.75 Å². The summed E-state index contributed by atoms with van der Waals surface area (Å²) in [6.07, 6.45) is 10.2. The van der Waals surface area contributed by atoms with Gasteiger partial charge in [-0.05, 0) is 105 Å². The number of rotatable bonds is 7. The first kappa shape index (κ1) is 24.5. The lowest BCUT2D eigenvalue weighted by Gasteiger charge is -2.39. The molecule has 5 nitrogen and oxygen atoms in total. The largest absolute Gasteiger partial charge is 0.497 e. The van der Waals surface area contributed by atoms with Crippen LogP contribution in [-0.2, 0) is 21.2 Å². The van der Waals surface area contributed by atoms with Gasteiger partial charge in [0.05, 0.1) is 12.0 Å². The molecule has 1 spiro atoms. The van der Waals surface area contributed by atoms with Crippen molar-refractivity contribution < 1.29 is 17.9 Å². The van der Waals surface area contributed by atoms with Gasteiger partial charge in [-0.2, -0.15) is 4.31 Å². The number of carbonyl (C=O) groups is 1. The number of aryl methyl sites for hydroxylation is 1. The summed E-state index contributed by atoms with van der Waals surface area (Å²) in [5.74, 6) is 1.74. The van der Waals surface area contributed by atoms with Crippen molar-refractivity contribution in [2.45, 2.75) is 75.0 Å². The minimum Gasteiger partial charge on any atom is -0.497 e. The Morgan fingerprint density at radius 1 is 1.03 bits per heavy atom. The van der Waals surface area contributed by atoms with Crippen molar-refractivity contribution in [3.63, 3.8) is 0 Å². The zero-order valence-corrected chi connectivity index (χ0v) is 21.6. The number of Topliss-reactive ketones (excluding diaryl/α,β-unsaturated/α-hetero) is 1. The number of ether oxygens (including phenoxy) is 1. The van der Waals surface area contributed by atoms with Crippen LogP contribution in [0.5, 0.6) is 5.75 Å². The highest BCUT2D eigenvalue weighted by molar-refractivity contribution is 7.89. The van der Waals surface area contributed by atoms with Crippen molar-refractivity contribution in [3.05, 3.63) is 59.7 Å². The van der Waals surface area contributed by atoms with Crippen LogP contribution in [0.4, 0.5) is 0 Å². The summed E-state index contributed by atoms with van der Waals surface area (Å²) in [5, 5.41) is 0. The normalized spacial score (nSPS) is 24.3. The van der Waals surface area contributed by atoms with Gasteiger partial charge in [0, 0.05) is 25.4 Å². The van der Waals surface area contributed by atoms with Crippen molar-refractivity contribution in [1.29, 1.82) is 0 Å². The van der Waals surface area contributed by atoms with Crippen molar-refractivity contribution in [2.24, 2.45) is 11.3 Å². The maximum absolute atomic E-state index is 13.1. The Morgan fingerprint density at radius 2 is 1.77 bits per heavy atom. The van der Waals surface area contributed by atoms with Crippen LogP contribution in [-0.4, -0.2) is 38.7 Å². The molecule has 0 aromatic heterocycles. The van der Waals surface area contributed by atoms with Crippen LogP contribution in [0.2, 0.25) is 0 Å². The highest BCUT2D eigenvalue weighted by atomic mass is 32.2. The Bertz CT molecular complexity index is 1150. The second kappa shape index (κ2) is 10.1. The van der Waals surface area contributed by atoms with E-state index in [9.17, 15) is 13.2 Å². The Labute approximate surface area is 209 Å². The molecule has 2 atom stereocenters. The first-order valence-electron chi connectivity index (χ1n) is 13.1. The van der Waals surface area contributed by atoms with Crippen molar-refractivity contribution in [1.82, 2.24) is 4.31 Å². The maximum atomic E-state index is 13.1. The van der Waals surface area contributed by atoms with E-state index < -0.39 is 10.0 Å². The first-order valence-corrected chi connectivity index (χ1v) is 14.6. The average Bonchev–Trinajstić information content (AvgIpc) is 3.29. The number of nitrogens with zero attached hydrogens (tertiary/aromatic N) is 1. The van der Waals surface area contributed by atoms with Crippen LogP contribution in [0.25, 0.3) is 0 Å². The number of fused-ring (bicyclic) bond motifs is 1. The van der Waals surface area contributed by atoms with Gasteiger partial charge < -0.3 is 4.74 Å². The molecule has 0 amide bonds. The van der Waals surface area contributed by atoms with Crippen LogP contribution < -0.4 is 4.74 Å². The number of methoxy groups -OCH3 is 1. The zero-order chi connectivity index (χ0) is 24.5.